The largest absolute Gasteiger partial charge is 0.479 e. The summed E-state index contributed by atoms with van der Waals surface area (Å²) in [6, 6.07) is 9.63. The van der Waals surface area contributed by atoms with Gasteiger partial charge in [0.05, 0.1) is 17.0 Å². The molecule has 0 aliphatic heterocycles. The fourth-order valence-corrected chi connectivity index (χ4v) is 3.10. The van der Waals surface area contributed by atoms with Crippen molar-refractivity contribution >= 4 is 17.4 Å². The van der Waals surface area contributed by atoms with Gasteiger partial charge < -0.3 is 14.5 Å². The molecule has 14 heteroatoms. The number of amides is 1. The number of nitro benzene ring substituents is 1. The molecule has 0 radical (unpaired) electrons. The molecule has 36 heavy (non-hydrogen) atoms. The number of furan rings is 1. The van der Waals surface area contributed by atoms with Crippen molar-refractivity contribution in [1.82, 2.24) is 9.78 Å². The normalized spacial score (nSPS) is 10.9. The number of hydrogen-bond donors (Lipinski definition) is 1. The second-order valence-electron chi connectivity index (χ2n) is 7.18. The van der Waals surface area contributed by atoms with E-state index in [2.05, 4.69) is 10.4 Å². The third kappa shape index (κ3) is 4.87. The number of carbonyl (C=O) groups excluding carboxylic acids is 1. The highest BCUT2D eigenvalue weighted by atomic mass is 19.2. The number of anilines is 1. The molecule has 0 atom stereocenters. The second-order valence-corrected chi connectivity index (χ2v) is 7.18. The van der Waals surface area contributed by atoms with Crippen molar-refractivity contribution in [3.63, 3.8) is 0 Å². The van der Waals surface area contributed by atoms with Crippen LogP contribution in [0.4, 0.5) is 33.5 Å². The number of halogens is 5. The van der Waals surface area contributed by atoms with Crippen LogP contribution in [0.15, 0.2) is 53.1 Å². The van der Waals surface area contributed by atoms with Crippen molar-refractivity contribution in [2.75, 3.05) is 5.32 Å². The van der Waals surface area contributed by atoms with Crippen LogP contribution in [0.25, 0.3) is 0 Å². The fraction of sp³-hybridized carbons (Fsp3) is 0.0909. The molecule has 1 amide bonds. The Balaban J connectivity index is 1.40. The van der Waals surface area contributed by atoms with Crippen LogP contribution >= 0.6 is 0 Å². The Kier molecular flexibility index (Phi) is 6.67. The maximum Gasteiger partial charge on any atom is 0.310 e. The van der Waals surface area contributed by atoms with E-state index < -0.39 is 52.0 Å². The highest BCUT2D eigenvalue weighted by Gasteiger charge is 2.26. The molecule has 4 rings (SSSR count). The molecule has 0 spiro atoms. The predicted molar refractivity (Wildman–Crippen MR) is 112 cm³/mol. The van der Waals surface area contributed by atoms with E-state index in [1.165, 1.54) is 36.4 Å². The number of ether oxygens (including phenoxy) is 1. The molecule has 0 aliphatic carbocycles. The first kappa shape index (κ1) is 24.4. The number of nitrogens with zero attached hydrogens (tertiary/aromatic N) is 3. The van der Waals surface area contributed by atoms with Gasteiger partial charge in [-0.3, -0.25) is 19.6 Å². The quantitative estimate of drug-likeness (QED) is 0.118. The Morgan fingerprint density at radius 2 is 1.67 bits per heavy atom. The van der Waals surface area contributed by atoms with Crippen LogP contribution < -0.4 is 10.1 Å². The second kappa shape index (κ2) is 9.85. The van der Waals surface area contributed by atoms with Crippen molar-refractivity contribution in [2.45, 2.75) is 13.2 Å². The van der Waals surface area contributed by atoms with Crippen LogP contribution in [0.3, 0.4) is 0 Å². The molecule has 0 saturated carbocycles. The first-order valence-corrected chi connectivity index (χ1v) is 9.95. The predicted octanol–water partition coefficient (Wildman–Crippen LogP) is 4.96. The van der Waals surface area contributed by atoms with Gasteiger partial charge in [0.25, 0.3) is 5.91 Å². The van der Waals surface area contributed by atoms with Crippen molar-refractivity contribution in [1.29, 1.82) is 0 Å². The monoisotopic (exact) mass is 508 g/mol. The van der Waals surface area contributed by atoms with Gasteiger partial charge >= 0.3 is 5.69 Å². The topological polar surface area (TPSA) is 112 Å². The standard InChI is InChI=1S/C22H13F5N4O5/c23-17-12(18(24)20(26)21(27)19(17)25)9-30-8-7-16(29-30)28-22(32)15-6-5-11(36-15)10-35-14-4-2-1-3-13(14)31(33)34/h1-8H,9-10H2,(H,28,29,32). The maximum atomic E-state index is 13.9. The Morgan fingerprint density at radius 3 is 2.36 bits per heavy atom. The van der Waals surface area contributed by atoms with Gasteiger partial charge in [-0.15, -0.1) is 0 Å². The molecular formula is C22H13F5N4O5. The highest BCUT2D eigenvalue weighted by molar-refractivity contribution is 6.01. The Labute approximate surface area is 197 Å². The number of nitrogens with one attached hydrogen (secondary N) is 1. The number of para-hydroxylation sites is 2. The van der Waals surface area contributed by atoms with E-state index in [1.54, 1.807) is 6.07 Å². The lowest BCUT2D eigenvalue weighted by Crippen LogP contribution is -2.13. The average molecular weight is 508 g/mol. The van der Waals surface area contributed by atoms with Gasteiger partial charge in [-0.25, -0.2) is 22.0 Å². The Bertz CT molecular complexity index is 1440. The number of carbonyl (C=O) groups is 1. The van der Waals surface area contributed by atoms with Crippen molar-refractivity contribution in [3.05, 3.63) is 105 Å². The molecule has 0 fully saturated rings. The molecular weight excluding hydrogens is 495 g/mol. The summed E-state index contributed by atoms with van der Waals surface area (Å²) in [5.41, 5.74) is -1.34. The molecule has 2 aromatic heterocycles. The van der Waals surface area contributed by atoms with E-state index in [0.29, 0.717) is 0 Å². The zero-order valence-electron chi connectivity index (χ0n) is 17.8. The summed E-state index contributed by atoms with van der Waals surface area (Å²) in [5, 5.41) is 17.2. The van der Waals surface area contributed by atoms with Crippen LogP contribution in [0.1, 0.15) is 21.9 Å². The van der Waals surface area contributed by atoms with Gasteiger partial charge in [-0.2, -0.15) is 5.10 Å². The molecule has 0 unspecified atom stereocenters. The number of hydrogen-bond acceptors (Lipinski definition) is 6. The van der Waals surface area contributed by atoms with Gasteiger partial charge in [-0.05, 0) is 18.2 Å². The summed E-state index contributed by atoms with van der Waals surface area (Å²) in [4.78, 5) is 22.8. The van der Waals surface area contributed by atoms with Gasteiger partial charge in [0.2, 0.25) is 5.82 Å². The van der Waals surface area contributed by atoms with E-state index >= 15 is 0 Å². The molecule has 186 valence electrons. The van der Waals surface area contributed by atoms with Gasteiger partial charge in [-0.1, -0.05) is 12.1 Å². The average Bonchev–Trinajstić information content (AvgIpc) is 3.52. The molecule has 0 aliphatic rings. The van der Waals surface area contributed by atoms with E-state index in [1.807, 2.05) is 0 Å². The lowest BCUT2D eigenvalue weighted by atomic mass is 10.1. The lowest BCUT2D eigenvalue weighted by Gasteiger charge is -2.08. The van der Waals surface area contributed by atoms with E-state index in [4.69, 9.17) is 9.15 Å². The Hall–Kier alpha value is -4.75. The summed E-state index contributed by atoms with van der Waals surface area (Å²) in [7, 11) is 0. The summed E-state index contributed by atoms with van der Waals surface area (Å²) in [6.45, 7) is -1.01. The minimum atomic E-state index is -2.27. The summed E-state index contributed by atoms with van der Waals surface area (Å²) < 4.78 is 79.3. The van der Waals surface area contributed by atoms with Crippen molar-refractivity contribution in [2.24, 2.45) is 0 Å². The van der Waals surface area contributed by atoms with Crippen molar-refractivity contribution in [3.8, 4) is 5.75 Å². The van der Waals surface area contributed by atoms with Gasteiger partial charge in [0.15, 0.2) is 40.6 Å². The Morgan fingerprint density at radius 1 is 1.00 bits per heavy atom. The lowest BCUT2D eigenvalue weighted by molar-refractivity contribution is -0.386. The zero-order valence-corrected chi connectivity index (χ0v) is 17.8. The van der Waals surface area contributed by atoms with Crippen LogP contribution in [-0.4, -0.2) is 20.6 Å². The van der Waals surface area contributed by atoms with Crippen LogP contribution in [0.2, 0.25) is 0 Å². The number of nitro groups is 1. The first-order chi connectivity index (χ1) is 17.2. The van der Waals surface area contributed by atoms with Crippen LogP contribution in [0.5, 0.6) is 5.75 Å². The van der Waals surface area contributed by atoms with E-state index in [9.17, 15) is 36.9 Å². The van der Waals surface area contributed by atoms with Crippen LogP contribution in [-0.2, 0) is 13.2 Å². The van der Waals surface area contributed by atoms with Crippen molar-refractivity contribution < 1.29 is 40.8 Å². The summed E-state index contributed by atoms with van der Waals surface area (Å²) >= 11 is 0. The molecule has 9 nitrogen and oxygen atoms in total. The molecule has 0 saturated heterocycles. The van der Waals surface area contributed by atoms with Crippen LogP contribution in [0, 0.1) is 39.2 Å². The first-order valence-electron chi connectivity index (χ1n) is 9.95. The molecule has 2 heterocycles. The molecule has 2 aromatic carbocycles. The summed E-state index contributed by atoms with van der Waals surface area (Å²) in [6.07, 6.45) is 1.15. The molecule has 4 aromatic rings. The van der Waals surface area contributed by atoms with E-state index in [0.717, 1.165) is 10.9 Å². The number of aromatic nitrogens is 2. The number of benzene rings is 2. The minimum absolute atomic E-state index is 0.00392. The van der Waals surface area contributed by atoms with E-state index in [-0.39, 0.29) is 35.4 Å². The molecule has 1 N–H and O–H groups in total. The third-order valence-corrected chi connectivity index (χ3v) is 4.82. The van der Waals surface area contributed by atoms with Gasteiger partial charge in [0.1, 0.15) is 12.4 Å². The minimum Gasteiger partial charge on any atom is -0.479 e. The SMILES string of the molecule is O=C(Nc1ccn(Cc2c(F)c(F)c(F)c(F)c2F)n1)c1ccc(COc2ccccc2[N+](=O)[O-])o1. The third-order valence-electron chi connectivity index (χ3n) is 4.82. The number of rotatable bonds is 8. The smallest absolute Gasteiger partial charge is 0.310 e. The fourth-order valence-electron chi connectivity index (χ4n) is 3.10. The maximum absolute atomic E-state index is 13.9. The highest BCUT2D eigenvalue weighted by Crippen LogP contribution is 2.27. The summed E-state index contributed by atoms with van der Waals surface area (Å²) in [5.74, 6) is -11.3. The zero-order chi connectivity index (χ0) is 26.0. The van der Waals surface area contributed by atoms with Gasteiger partial charge in [0, 0.05) is 18.3 Å². The molecule has 0 bridgehead atoms.